The SMILES string of the molecule is Cc1ccsc1-c1[nH]cnc(=S)c1C. The molecule has 2 aromatic rings. The maximum Gasteiger partial charge on any atom is 0.132 e. The molecular formula is C10H10N2S2. The van der Waals surface area contributed by atoms with Crippen LogP contribution in [0.3, 0.4) is 0 Å². The minimum absolute atomic E-state index is 0.673. The van der Waals surface area contributed by atoms with Gasteiger partial charge in [0.1, 0.15) is 4.64 Å². The van der Waals surface area contributed by atoms with Gasteiger partial charge in [0.05, 0.1) is 16.9 Å². The molecule has 0 radical (unpaired) electrons. The van der Waals surface area contributed by atoms with Gasteiger partial charge in [-0.05, 0) is 30.9 Å². The lowest BCUT2D eigenvalue weighted by atomic mass is 10.2. The Bertz CT molecular complexity index is 511. The molecule has 0 aliphatic rings. The topological polar surface area (TPSA) is 28.7 Å². The molecular weight excluding hydrogens is 212 g/mol. The zero-order chi connectivity index (χ0) is 10.1. The minimum Gasteiger partial charge on any atom is -0.345 e. The summed E-state index contributed by atoms with van der Waals surface area (Å²) in [4.78, 5) is 8.44. The van der Waals surface area contributed by atoms with E-state index in [1.165, 1.54) is 10.4 Å². The smallest absolute Gasteiger partial charge is 0.132 e. The molecule has 2 nitrogen and oxygen atoms in total. The zero-order valence-electron chi connectivity index (χ0n) is 8.00. The molecule has 2 aromatic heterocycles. The molecule has 4 heteroatoms. The van der Waals surface area contributed by atoms with E-state index in [0.29, 0.717) is 4.64 Å². The molecule has 72 valence electrons. The lowest BCUT2D eigenvalue weighted by Crippen LogP contribution is -1.90. The summed E-state index contributed by atoms with van der Waals surface area (Å²) in [7, 11) is 0. The summed E-state index contributed by atoms with van der Waals surface area (Å²) in [6.07, 6.45) is 1.66. The van der Waals surface area contributed by atoms with Gasteiger partial charge < -0.3 is 4.98 Å². The Morgan fingerprint density at radius 3 is 2.86 bits per heavy atom. The molecule has 0 fully saturated rings. The predicted molar refractivity (Wildman–Crippen MR) is 62.2 cm³/mol. The van der Waals surface area contributed by atoms with Crippen molar-refractivity contribution in [2.75, 3.05) is 0 Å². The number of aromatic nitrogens is 2. The Morgan fingerprint density at radius 2 is 2.21 bits per heavy atom. The van der Waals surface area contributed by atoms with Gasteiger partial charge in [-0.3, -0.25) is 0 Å². The first-order chi connectivity index (χ1) is 6.70. The van der Waals surface area contributed by atoms with Crippen molar-refractivity contribution >= 4 is 23.6 Å². The van der Waals surface area contributed by atoms with Crippen LogP contribution in [-0.4, -0.2) is 9.97 Å². The van der Waals surface area contributed by atoms with Gasteiger partial charge in [0.2, 0.25) is 0 Å². The highest BCUT2D eigenvalue weighted by Gasteiger charge is 2.07. The Balaban J connectivity index is 2.69. The number of H-pyrrole nitrogens is 1. The van der Waals surface area contributed by atoms with Crippen molar-refractivity contribution in [1.82, 2.24) is 9.97 Å². The van der Waals surface area contributed by atoms with Gasteiger partial charge in [0.25, 0.3) is 0 Å². The highest BCUT2D eigenvalue weighted by atomic mass is 32.1. The van der Waals surface area contributed by atoms with Gasteiger partial charge in [-0.1, -0.05) is 12.2 Å². The molecule has 0 amide bonds. The fourth-order valence-corrected chi connectivity index (χ4v) is 2.48. The first-order valence-corrected chi connectivity index (χ1v) is 5.57. The fraction of sp³-hybridized carbons (Fsp3) is 0.200. The first-order valence-electron chi connectivity index (χ1n) is 4.29. The maximum atomic E-state index is 5.13. The second kappa shape index (κ2) is 3.63. The molecule has 0 aliphatic heterocycles. The number of hydrogen-bond donors (Lipinski definition) is 1. The number of aryl methyl sites for hydroxylation is 1. The number of hydrogen-bond acceptors (Lipinski definition) is 3. The summed E-state index contributed by atoms with van der Waals surface area (Å²) in [5.41, 5.74) is 3.42. The molecule has 2 heterocycles. The molecule has 1 N–H and O–H groups in total. The Hall–Kier alpha value is -1.00. The fourth-order valence-electron chi connectivity index (χ4n) is 1.33. The van der Waals surface area contributed by atoms with Gasteiger partial charge in [-0.15, -0.1) is 11.3 Å². The molecule has 14 heavy (non-hydrogen) atoms. The van der Waals surface area contributed by atoms with E-state index in [2.05, 4.69) is 28.3 Å². The number of aromatic amines is 1. The van der Waals surface area contributed by atoms with E-state index in [1.807, 2.05) is 6.92 Å². The molecule has 2 rings (SSSR count). The van der Waals surface area contributed by atoms with E-state index < -0.39 is 0 Å². The van der Waals surface area contributed by atoms with Crippen LogP contribution >= 0.6 is 23.6 Å². The maximum absolute atomic E-state index is 5.13. The van der Waals surface area contributed by atoms with Crippen LogP contribution in [0.15, 0.2) is 17.8 Å². The summed E-state index contributed by atoms with van der Waals surface area (Å²) in [6.45, 7) is 4.10. The molecule has 0 aliphatic carbocycles. The van der Waals surface area contributed by atoms with Crippen LogP contribution in [0.2, 0.25) is 0 Å². The van der Waals surface area contributed by atoms with Crippen LogP contribution in [-0.2, 0) is 0 Å². The van der Waals surface area contributed by atoms with Gasteiger partial charge in [-0.2, -0.15) is 0 Å². The monoisotopic (exact) mass is 222 g/mol. The van der Waals surface area contributed by atoms with Crippen molar-refractivity contribution in [3.8, 4) is 10.6 Å². The van der Waals surface area contributed by atoms with Crippen molar-refractivity contribution < 1.29 is 0 Å². The van der Waals surface area contributed by atoms with E-state index >= 15 is 0 Å². The van der Waals surface area contributed by atoms with E-state index in [4.69, 9.17) is 12.2 Å². The Morgan fingerprint density at radius 1 is 1.43 bits per heavy atom. The predicted octanol–water partition coefficient (Wildman–Crippen LogP) is 3.48. The average molecular weight is 222 g/mol. The minimum atomic E-state index is 0.673. The summed E-state index contributed by atoms with van der Waals surface area (Å²) in [5.74, 6) is 0. The van der Waals surface area contributed by atoms with Crippen LogP contribution in [0.4, 0.5) is 0 Å². The van der Waals surface area contributed by atoms with Crippen LogP contribution in [0.5, 0.6) is 0 Å². The molecule has 0 saturated heterocycles. The molecule has 0 saturated carbocycles. The molecule has 0 unspecified atom stereocenters. The van der Waals surface area contributed by atoms with Gasteiger partial charge >= 0.3 is 0 Å². The van der Waals surface area contributed by atoms with Gasteiger partial charge in [0, 0.05) is 5.56 Å². The van der Waals surface area contributed by atoms with Crippen molar-refractivity contribution in [2.24, 2.45) is 0 Å². The quantitative estimate of drug-likeness (QED) is 0.748. The summed E-state index contributed by atoms with van der Waals surface area (Å²) in [5, 5.41) is 2.08. The molecule has 0 bridgehead atoms. The van der Waals surface area contributed by atoms with E-state index in [-0.39, 0.29) is 0 Å². The number of nitrogens with zero attached hydrogens (tertiary/aromatic N) is 1. The third kappa shape index (κ3) is 1.51. The molecule has 0 spiro atoms. The lowest BCUT2D eigenvalue weighted by molar-refractivity contribution is 1.12. The Kier molecular flexibility index (Phi) is 2.48. The summed E-state index contributed by atoms with van der Waals surface area (Å²) >= 11 is 6.85. The van der Waals surface area contributed by atoms with Crippen molar-refractivity contribution in [2.45, 2.75) is 13.8 Å². The van der Waals surface area contributed by atoms with Gasteiger partial charge in [-0.25, -0.2) is 4.98 Å². The van der Waals surface area contributed by atoms with Crippen molar-refractivity contribution in [3.05, 3.63) is 33.5 Å². The Labute approximate surface area is 91.7 Å². The molecule has 0 atom stereocenters. The van der Waals surface area contributed by atoms with E-state index in [0.717, 1.165) is 11.3 Å². The summed E-state index contributed by atoms with van der Waals surface area (Å²) in [6, 6.07) is 2.11. The average Bonchev–Trinajstić information content (AvgIpc) is 2.57. The van der Waals surface area contributed by atoms with E-state index in [1.54, 1.807) is 17.7 Å². The standard InChI is InChI=1S/C10H10N2S2/c1-6-3-4-14-9(6)8-7(2)10(13)12-5-11-8/h3-5H,1-2H3,(H,11,12,13). The normalized spacial score (nSPS) is 10.4. The van der Waals surface area contributed by atoms with Crippen molar-refractivity contribution in [1.29, 1.82) is 0 Å². The third-order valence-corrected chi connectivity index (χ3v) is 3.62. The van der Waals surface area contributed by atoms with Crippen LogP contribution < -0.4 is 0 Å². The van der Waals surface area contributed by atoms with Gasteiger partial charge in [0.15, 0.2) is 0 Å². The molecule has 0 aromatic carbocycles. The van der Waals surface area contributed by atoms with Crippen molar-refractivity contribution in [3.63, 3.8) is 0 Å². The van der Waals surface area contributed by atoms with Crippen LogP contribution in [0.25, 0.3) is 10.6 Å². The number of rotatable bonds is 1. The third-order valence-electron chi connectivity index (χ3n) is 2.18. The lowest BCUT2D eigenvalue weighted by Gasteiger charge is -2.03. The highest BCUT2D eigenvalue weighted by Crippen LogP contribution is 2.29. The number of nitrogens with one attached hydrogen (secondary N) is 1. The largest absolute Gasteiger partial charge is 0.345 e. The van der Waals surface area contributed by atoms with Crippen LogP contribution in [0, 0.1) is 18.5 Å². The van der Waals surface area contributed by atoms with E-state index in [9.17, 15) is 0 Å². The zero-order valence-corrected chi connectivity index (χ0v) is 9.63. The number of thiophene rings is 1. The second-order valence-corrected chi connectivity index (χ2v) is 4.44. The second-order valence-electron chi connectivity index (χ2n) is 3.14. The highest BCUT2D eigenvalue weighted by molar-refractivity contribution is 7.71. The first kappa shape index (κ1) is 9.55. The summed E-state index contributed by atoms with van der Waals surface area (Å²) < 4.78 is 0.673. The van der Waals surface area contributed by atoms with Crippen LogP contribution in [0.1, 0.15) is 11.1 Å².